The van der Waals surface area contributed by atoms with Crippen LogP contribution in [0.5, 0.6) is 0 Å². The monoisotopic (exact) mass is 1530 g/mol. The molecule has 5 atom stereocenters. The minimum Gasteiger partial charge on any atom is -0.462 e. The van der Waals surface area contributed by atoms with E-state index in [1.165, 1.54) is 38.5 Å². The highest BCUT2D eigenvalue weighted by atomic mass is 31.2. The summed E-state index contributed by atoms with van der Waals surface area (Å²) in [5, 5.41) is 10.7. The third-order valence-corrected chi connectivity index (χ3v) is 19.0. The lowest BCUT2D eigenvalue weighted by Gasteiger charge is -2.21. The molecule has 0 saturated heterocycles. The molecule has 0 aromatic rings. The normalized spacial score (nSPS) is 14.5. The van der Waals surface area contributed by atoms with E-state index in [0.717, 1.165) is 218 Å². The molecule has 19 heteroatoms. The second kappa shape index (κ2) is 78.3. The molecule has 3 N–H and O–H groups in total. The fourth-order valence-corrected chi connectivity index (χ4v) is 12.5. The van der Waals surface area contributed by atoms with Gasteiger partial charge in [-0.2, -0.15) is 0 Å². The van der Waals surface area contributed by atoms with Crippen LogP contribution in [-0.4, -0.2) is 96.7 Å². The van der Waals surface area contributed by atoms with Gasteiger partial charge in [-0.15, -0.1) is 0 Å². The molecule has 106 heavy (non-hydrogen) atoms. The molecule has 17 nitrogen and oxygen atoms in total. The van der Waals surface area contributed by atoms with Crippen molar-refractivity contribution in [2.24, 2.45) is 0 Å². The summed E-state index contributed by atoms with van der Waals surface area (Å²) < 4.78 is 68.7. The van der Waals surface area contributed by atoms with Gasteiger partial charge in [-0.05, 0) is 154 Å². The van der Waals surface area contributed by atoms with Crippen LogP contribution in [-0.2, 0) is 65.4 Å². The average Bonchev–Trinajstić information content (AvgIpc) is 0.902. The van der Waals surface area contributed by atoms with Crippen molar-refractivity contribution in [3.8, 4) is 0 Å². The predicted molar refractivity (Wildman–Crippen MR) is 436 cm³/mol. The number of aliphatic hydroxyl groups excluding tert-OH is 1. The van der Waals surface area contributed by atoms with Crippen LogP contribution < -0.4 is 0 Å². The van der Waals surface area contributed by atoms with Gasteiger partial charge in [0.1, 0.15) is 19.3 Å². The van der Waals surface area contributed by atoms with Gasteiger partial charge in [-0.1, -0.05) is 290 Å². The Morgan fingerprint density at radius 2 is 0.491 bits per heavy atom. The largest absolute Gasteiger partial charge is 0.472 e. The van der Waals surface area contributed by atoms with Crippen molar-refractivity contribution in [2.45, 2.75) is 354 Å². The summed E-state index contributed by atoms with van der Waals surface area (Å²) in [4.78, 5) is 73.2. The molecule has 0 heterocycles. The van der Waals surface area contributed by atoms with E-state index < -0.39 is 97.5 Å². The molecular weight excluding hydrogens is 1380 g/mol. The van der Waals surface area contributed by atoms with Crippen LogP contribution in [0.1, 0.15) is 336 Å². The van der Waals surface area contributed by atoms with Crippen molar-refractivity contribution in [3.63, 3.8) is 0 Å². The van der Waals surface area contributed by atoms with Crippen LogP contribution in [0.25, 0.3) is 0 Å². The lowest BCUT2D eigenvalue weighted by atomic mass is 10.1. The number of ether oxygens (including phenoxy) is 4. The van der Waals surface area contributed by atoms with Crippen LogP contribution >= 0.6 is 15.6 Å². The maximum atomic E-state index is 13.1. The number of rotatable bonds is 77. The fraction of sp³-hybridized carbons (Fsp3) is 0.701. The Balaban J connectivity index is 5.41. The Morgan fingerprint density at radius 3 is 0.764 bits per heavy atom. The van der Waals surface area contributed by atoms with Gasteiger partial charge >= 0.3 is 39.5 Å². The highest BCUT2D eigenvalue weighted by Gasteiger charge is 2.30. The Hall–Kier alpha value is -4.80. The molecule has 0 aliphatic carbocycles. The van der Waals surface area contributed by atoms with E-state index in [1.54, 1.807) is 0 Å². The SMILES string of the molecule is CC/C=C\C/C=C\C/C=C\C/C=C\CCCCCCC(=O)OCC(COP(=O)(O)OCC(O)COP(=O)(O)OCC(COC(=O)CCCCCCCCC/C=C\C/C=C\C/C=C\CC)OC(=O)CCCCCCC/C=C\CCCCCCCC)OC(=O)CCCCCCCCC/C=C\C/C=C\C/C=C\CC. The predicted octanol–water partition coefficient (Wildman–Crippen LogP) is 24.4. The van der Waals surface area contributed by atoms with Gasteiger partial charge < -0.3 is 33.8 Å². The third kappa shape index (κ3) is 77.4. The van der Waals surface area contributed by atoms with E-state index >= 15 is 0 Å². The van der Waals surface area contributed by atoms with Gasteiger partial charge in [0.25, 0.3) is 0 Å². The van der Waals surface area contributed by atoms with Crippen LogP contribution in [0.15, 0.2) is 134 Å². The number of phosphoric ester groups is 2. The smallest absolute Gasteiger partial charge is 0.462 e. The minimum absolute atomic E-state index is 0.0749. The van der Waals surface area contributed by atoms with Crippen molar-refractivity contribution >= 4 is 39.5 Å². The van der Waals surface area contributed by atoms with Gasteiger partial charge in [0.2, 0.25) is 0 Å². The lowest BCUT2D eigenvalue weighted by Crippen LogP contribution is -2.30. The Kier molecular flexibility index (Phi) is 74.8. The van der Waals surface area contributed by atoms with Crippen LogP contribution in [0.3, 0.4) is 0 Å². The number of carbonyl (C=O) groups is 4. The van der Waals surface area contributed by atoms with Crippen molar-refractivity contribution in [1.29, 1.82) is 0 Å². The van der Waals surface area contributed by atoms with Crippen molar-refractivity contribution < 1.29 is 80.2 Å². The molecule has 0 rings (SSSR count). The number of hydrogen-bond donors (Lipinski definition) is 3. The molecule has 0 aromatic heterocycles. The first-order chi connectivity index (χ1) is 51.7. The fourth-order valence-electron chi connectivity index (χ4n) is 10.9. The molecule has 608 valence electrons. The van der Waals surface area contributed by atoms with E-state index in [1.807, 2.05) is 0 Å². The second-order valence-corrected chi connectivity index (χ2v) is 30.2. The standard InChI is InChI=1S/C87H148O17P2/c1-5-9-13-17-21-25-29-33-37-40-44-47-51-55-59-63-67-71-84(89)97-77-82(103-86(91)73-69-65-61-57-53-49-43-36-32-28-24-20-16-12-8-4)79-101-105(93,94)99-75-81(88)76-100-106(95,96)102-80-83(104-87(92)74-70-66-62-58-54-50-46-42-39-35-31-27-23-19-15-11-7-3)78-98-85(90)72-68-64-60-56-52-48-45-41-38-34-30-26-22-18-14-10-6-2/h9-11,13-15,21-23,25-27,33-39,43,45,48,81-83,88H,5-8,12,16-20,24,28-32,40-42,44,46-47,49-80H2,1-4H3,(H,93,94)(H,95,96)/b13-9-,14-10-,15-11-,25-21-,26-22-,27-23-,37-33-,38-34-,39-35-,43-36-,48-45-. The summed E-state index contributed by atoms with van der Waals surface area (Å²) in [5.74, 6) is -2.22. The molecule has 0 aliphatic heterocycles. The van der Waals surface area contributed by atoms with Crippen molar-refractivity contribution in [1.82, 2.24) is 0 Å². The third-order valence-electron chi connectivity index (χ3n) is 17.1. The summed E-state index contributed by atoms with van der Waals surface area (Å²) in [5.41, 5.74) is 0. The highest BCUT2D eigenvalue weighted by molar-refractivity contribution is 7.47. The first-order valence-electron chi connectivity index (χ1n) is 41.4. The van der Waals surface area contributed by atoms with Gasteiger partial charge in [-0.3, -0.25) is 37.3 Å². The average molecular weight is 1530 g/mol. The molecule has 0 spiro atoms. The van der Waals surface area contributed by atoms with Crippen LogP contribution in [0, 0.1) is 0 Å². The molecule has 0 amide bonds. The molecule has 0 fully saturated rings. The Bertz CT molecular complexity index is 2530. The molecular formula is C87H148O17P2. The number of phosphoric acid groups is 2. The molecule has 0 saturated carbocycles. The van der Waals surface area contributed by atoms with Gasteiger partial charge in [0.05, 0.1) is 26.4 Å². The number of hydrogen-bond acceptors (Lipinski definition) is 15. The summed E-state index contributed by atoms with van der Waals surface area (Å²) in [6.07, 6.45) is 88.4. The molecule has 0 aromatic carbocycles. The van der Waals surface area contributed by atoms with Crippen molar-refractivity contribution in [2.75, 3.05) is 39.6 Å². The van der Waals surface area contributed by atoms with E-state index in [0.29, 0.717) is 25.7 Å². The molecule has 0 bridgehead atoms. The summed E-state index contributed by atoms with van der Waals surface area (Å²) in [7, 11) is -9.98. The number of allylic oxidation sites excluding steroid dienone is 22. The first-order valence-corrected chi connectivity index (χ1v) is 44.4. The van der Waals surface area contributed by atoms with Gasteiger partial charge in [0, 0.05) is 25.7 Å². The second-order valence-electron chi connectivity index (χ2n) is 27.3. The number of unbranched alkanes of at least 4 members (excludes halogenated alkanes) is 29. The number of carbonyl (C=O) groups excluding carboxylic acids is 4. The zero-order chi connectivity index (χ0) is 77.4. The summed E-state index contributed by atoms with van der Waals surface area (Å²) in [6.45, 7) is 4.51. The zero-order valence-electron chi connectivity index (χ0n) is 66.6. The van der Waals surface area contributed by atoms with Gasteiger partial charge in [0.15, 0.2) is 12.2 Å². The van der Waals surface area contributed by atoms with E-state index in [-0.39, 0.29) is 25.7 Å². The molecule has 0 radical (unpaired) electrons. The molecule has 0 aliphatic rings. The molecule has 5 unspecified atom stereocenters. The van der Waals surface area contributed by atoms with Gasteiger partial charge in [-0.25, -0.2) is 9.13 Å². The number of aliphatic hydroxyl groups is 1. The quantitative estimate of drug-likeness (QED) is 0.0169. The van der Waals surface area contributed by atoms with E-state index in [9.17, 15) is 43.2 Å². The number of esters is 4. The summed E-state index contributed by atoms with van der Waals surface area (Å²) >= 11 is 0. The zero-order valence-corrected chi connectivity index (χ0v) is 68.4. The first kappa shape index (κ1) is 101. The minimum atomic E-state index is -4.99. The van der Waals surface area contributed by atoms with Crippen LogP contribution in [0.2, 0.25) is 0 Å². The Labute approximate surface area is 644 Å². The summed E-state index contributed by atoms with van der Waals surface area (Å²) in [6, 6.07) is 0. The van der Waals surface area contributed by atoms with E-state index in [4.69, 9.17) is 37.0 Å². The van der Waals surface area contributed by atoms with Crippen LogP contribution in [0.4, 0.5) is 0 Å². The lowest BCUT2D eigenvalue weighted by molar-refractivity contribution is -0.161. The maximum absolute atomic E-state index is 13.1. The Morgan fingerprint density at radius 1 is 0.274 bits per heavy atom. The van der Waals surface area contributed by atoms with Crippen molar-refractivity contribution in [3.05, 3.63) is 134 Å². The van der Waals surface area contributed by atoms with E-state index in [2.05, 4.69) is 161 Å². The topological polar surface area (TPSA) is 237 Å². The highest BCUT2D eigenvalue weighted by Crippen LogP contribution is 2.45. The maximum Gasteiger partial charge on any atom is 0.472 e.